The van der Waals surface area contributed by atoms with Crippen LogP contribution in [0, 0.1) is 0 Å². The Morgan fingerprint density at radius 2 is 1.96 bits per heavy atom. The molecule has 0 aliphatic rings. The van der Waals surface area contributed by atoms with Gasteiger partial charge in [0.1, 0.15) is 0 Å². The molecule has 2 rings (SSSR count). The maximum atomic E-state index is 12.1. The summed E-state index contributed by atoms with van der Waals surface area (Å²) in [6.07, 6.45) is -0.0999. The lowest BCUT2D eigenvalue weighted by molar-refractivity contribution is -0.116. The van der Waals surface area contributed by atoms with Gasteiger partial charge in [0.2, 0.25) is 5.91 Å². The molecular weight excluding hydrogens is 356 g/mol. The molecule has 0 radical (unpaired) electrons. The highest BCUT2D eigenvalue weighted by molar-refractivity contribution is 9.10. The Kier molecular flexibility index (Phi) is 6.62. The molecule has 122 valence electrons. The van der Waals surface area contributed by atoms with Crippen molar-refractivity contribution in [1.29, 1.82) is 0 Å². The second kappa shape index (κ2) is 8.70. The minimum Gasteiger partial charge on any atom is -0.392 e. The molecule has 2 aromatic rings. The molecule has 0 spiro atoms. The van der Waals surface area contributed by atoms with Crippen LogP contribution in [0.25, 0.3) is 0 Å². The first kappa shape index (κ1) is 17.5. The van der Waals surface area contributed by atoms with E-state index in [-0.39, 0.29) is 5.91 Å². The van der Waals surface area contributed by atoms with E-state index in [1.807, 2.05) is 59.5 Å². The van der Waals surface area contributed by atoms with Crippen molar-refractivity contribution in [2.75, 3.05) is 23.3 Å². The van der Waals surface area contributed by atoms with Gasteiger partial charge in [0.25, 0.3) is 0 Å². The summed E-state index contributed by atoms with van der Waals surface area (Å²) in [6, 6.07) is 17.3. The van der Waals surface area contributed by atoms with E-state index in [1.165, 1.54) is 0 Å². The number of halogens is 1. The predicted molar refractivity (Wildman–Crippen MR) is 97.7 cm³/mol. The predicted octanol–water partition coefficient (Wildman–Crippen LogP) is 3.67. The molecule has 0 heterocycles. The molecule has 0 saturated heterocycles. The van der Waals surface area contributed by atoms with E-state index < -0.39 is 6.10 Å². The van der Waals surface area contributed by atoms with Crippen molar-refractivity contribution in [1.82, 2.24) is 0 Å². The number of benzene rings is 2. The number of carbonyl (C=O) groups is 1. The van der Waals surface area contributed by atoms with E-state index >= 15 is 0 Å². The fourth-order valence-corrected chi connectivity index (χ4v) is 2.71. The van der Waals surface area contributed by atoms with Gasteiger partial charge in [-0.25, -0.2) is 0 Å². The number of aliphatic hydroxyl groups is 1. The van der Waals surface area contributed by atoms with Crippen LogP contribution in [0.2, 0.25) is 0 Å². The number of amides is 1. The van der Waals surface area contributed by atoms with Gasteiger partial charge in [-0.3, -0.25) is 4.79 Å². The first-order valence-electron chi connectivity index (χ1n) is 7.58. The monoisotopic (exact) mass is 376 g/mol. The summed E-state index contributed by atoms with van der Waals surface area (Å²) in [5.74, 6) is -0.0466. The Morgan fingerprint density at radius 1 is 1.22 bits per heavy atom. The van der Waals surface area contributed by atoms with Crippen molar-refractivity contribution in [3.63, 3.8) is 0 Å². The van der Waals surface area contributed by atoms with Crippen LogP contribution in [0.1, 0.15) is 13.3 Å². The van der Waals surface area contributed by atoms with Crippen LogP contribution in [0.15, 0.2) is 59.1 Å². The molecular formula is C18H21BrN2O2. The SMILES string of the molecule is CC(O)CN(CCC(=O)Nc1cccc(Br)c1)c1ccccc1. The summed E-state index contributed by atoms with van der Waals surface area (Å²) in [5, 5.41) is 12.6. The molecule has 1 atom stereocenters. The van der Waals surface area contributed by atoms with Gasteiger partial charge in [-0.05, 0) is 37.3 Å². The Morgan fingerprint density at radius 3 is 2.61 bits per heavy atom. The Labute approximate surface area is 145 Å². The van der Waals surface area contributed by atoms with Crippen LogP contribution in [-0.4, -0.2) is 30.2 Å². The quantitative estimate of drug-likeness (QED) is 0.774. The zero-order chi connectivity index (χ0) is 16.7. The van der Waals surface area contributed by atoms with Crippen molar-refractivity contribution < 1.29 is 9.90 Å². The molecule has 2 N–H and O–H groups in total. The maximum Gasteiger partial charge on any atom is 0.226 e. The molecule has 1 amide bonds. The van der Waals surface area contributed by atoms with Crippen molar-refractivity contribution in [2.24, 2.45) is 0 Å². The number of nitrogens with one attached hydrogen (secondary N) is 1. The molecule has 1 unspecified atom stereocenters. The zero-order valence-corrected chi connectivity index (χ0v) is 14.7. The van der Waals surface area contributed by atoms with Crippen LogP contribution in [0.5, 0.6) is 0 Å². The number of hydrogen-bond donors (Lipinski definition) is 2. The van der Waals surface area contributed by atoms with Gasteiger partial charge < -0.3 is 15.3 Å². The van der Waals surface area contributed by atoms with Crippen molar-refractivity contribution >= 4 is 33.2 Å². The minimum absolute atomic E-state index is 0.0466. The third-order valence-corrected chi connectivity index (χ3v) is 3.82. The van der Waals surface area contributed by atoms with Crippen molar-refractivity contribution in [3.05, 3.63) is 59.1 Å². The largest absolute Gasteiger partial charge is 0.392 e. The van der Waals surface area contributed by atoms with Crippen molar-refractivity contribution in [2.45, 2.75) is 19.4 Å². The molecule has 4 nitrogen and oxygen atoms in total. The first-order chi connectivity index (χ1) is 11.0. The summed E-state index contributed by atoms with van der Waals surface area (Å²) in [4.78, 5) is 14.1. The summed E-state index contributed by atoms with van der Waals surface area (Å²) in [6.45, 7) is 2.79. The number of nitrogens with zero attached hydrogens (tertiary/aromatic N) is 1. The van der Waals surface area contributed by atoms with Gasteiger partial charge in [-0.15, -0.1) is 0 Å². The molecule has 0 fully saturated rings. The lowest BCUT2D eigenvalue weighted by atomic mass is 10.2. The van der Waals surface area contributed by atoms with Gasteiger partial charge in [-0.1, -0.05) is 40.2 Å². The lowest BCUT2D eigenvalue weighted by Crippen LogP contribution is -2.33. The standard InChI is InChI=1S/C18H21BrN2O2/c1-14(22)13-21(17-8-3-2-4-9-17)11-10-18(23)20-16-7-5-6-15(19)12-16/h2-9,12,14,22H,10-11,13H2,1H3,(H,20,23). The lowest BCUT2D eigenvalue weighted by Gasteiger charge is -2.26. The summed E-state index contributed by atoms with van der Waals surface area (Å²) in [5.41, 5.74) is 1.77. The van der Waals surface area contributed by atoms with Gasteiger partial charge in [0.15, 0.2) is 0 Å². The summed E-state index contributed by atoms with van der Waals surface area (Å²) < 4.78 is 0.926. The third kappa shape index (κ3) is 6.04. The topological polar surface area (TPSA) is 52.6 Å². The second-order valence-corrected chi connectivity index (χ2v) is 6.35. The second-order valence-electron chi connectivity index (χ2n) is 5.44. The molecule has 0 aromatic heterocycles. The highest BCUT2D eigenvalue weighted by Gasteiger charge is 2.11. The zero-order valence-electron chi connectivity index (χ0n) is 13.1. The highest BCUT2D eigenvalue weighted by atomic mass is 79.9. The number of para-hydroxylation sites is 1. The van der Waals surface area contributed by atoms with Crippen LogP contribution in [-0.2, 0) is 4.79 Å². The number of aliphatic hydroxyl groups excluding tert-OH is 1. The molecule has 0 aliphatic heterocycles. The molecule has 0 bridgehead atoms. The Balaban J connectivity index is 1.94. The Hall–Kier alpha value is -1.85. The van der Waals surface area contributed by atoms with Gasteiger partial charge >= 0.3 is 0 Å². The van der Waals surface area contributed by atoms with E-state index in [0.717, 1.165) is 15.8 Å². The molecule has 0 aliphatic carbocycles. The average Bonchev–Trinajstić information content (AvgIpc) is 2.52. The van der Waals surface area contributed by atoms with E-state index in [0.29, 0.717) is 19.5 Å². The summed E-state index contributed by atoms with van der Waals surface area (Å²) >= 11 is 3.38. The maximum absolute atomic E-state index is 12.1. The number of rotatable bonds is 7. The normalized spacial score (nSPS) is 11.8. The molecule has 2 aromatic carbocycles. The summed E-state index contributed by atoms with van der Waals surface area (Å²) in [7, 11) is 0. The molecule has 23 heavy (non-hydrogen) atoms. The van der Waals surface area contributed by atoms with Crippen LogP contribution in [0.4, 0.5) is 11.4 Å². The first-order valence-corrected chi connectivity index (χ1v) is 8.37. The fraction of sp³-hybridized carbons (Fsp3) is 0.278. The number of hydrogen-bond acceptors (Lipinski definition) is 3. The highest BCUT2D eigenvalue weighted by Crippen LogP contribution is 2.17. The average molecular weight is 377 g/mol. The van der Waals surface area contributed by atoms with Gasteiger partial charge in [0, 0.05) is 35.4 Å². The van der Waals surface area contributed by atoms with E-state index in [4.69, 9.17) is 0 Å². The van der Waals surface area contributed by atoms with E-state index in [2.05, 4.69) is 21.2 Å². The van der Waals surface area contributed by atoms with Gasteiger partial charge in [-0.2, -0.15) is 0 Å². The van der Waals surface area contributed by atoms with Crippen LogP contribution >= 0.6 is 15.9 Å². The number of carbonyl (C=O) groups excluding carboxylic acids is 1. The van der Waals surface area contributed by atoms with Gasteiger partial charge in [0.05, 0.1) is 6.10 Å². The number of anilines is 2. The van der Waals surface area contributed by atoms with Crippen LogP contribution in [0.3, 0.4) is 0 Å². The Bertz CT molecular complexity index is 632. The fourth-order valence-electron chi connectivity index (χ4n) is 2.31. The van der Waals surface area contributed by atoms with Crippen molar-refractivity contribution in [3.8, 4) is 0 Å². The molecule has 5 heteroatoms. The third-order valence-electron chi connectivity index (χ3n) is 3.32. The van der Waals surface area contributed by atoms with E-state index in [9.17, 15) is 9.90 Å². The van der Waals surface area contributed by atoms with E-state index in [1.54, 1.807) is 6.92 Å². The molecule has 0 saturated carbocycles. The van der Waals surface area contributed by atoms with Crippen LogP contribution < -0.4 is 10.2 Å². The smallest absolute Gasteiger partial charge is 0.226 e. The minimum atomic E-state index is -0.455.